The number of anilines is 1. The Morgan fingerprint density at radius 3 is 2.91 bits per heavy atom. The van der Waals surface area contributed by atoms with Crippen molar-refractivity contribution in [2.24, 2.45) is 0 Å². The van der Waals surface area contributed by atoms with Crippen LogP contribution in [-0.4, -0.2) is 12.0 Å². The van der Waals surface area contributed by atoms with Crippen LogP contribution in [0.25, 0.3) is 0 Å². The third kappa shape index (κ3) is 1.25. The topological polar surface area (TPSA) is 24.9 Å². The van der Waals surface area contributed by atoms with Crippen LogP contribution in [-0.2, 0) is 0 Å². The molecule has 2 nitrogen and oxygen atoms in total. The lowest BCUT2D eigenvalue weighted by atomic mass is 9.83. The Balaban J connectivity index is 2.11. The Morgan fingerprint density at radius 2 is 2.45 bits per heavy atom. The molecule has 1 heterocycles. The first-order valence-corrected chi connectivity index (χ1v) is 4.91. The second-order valence-corrected chi connectivity index (χ2v) is 3.81. The van der Waals surface area contributed by atoms with E-state index in [0.717, 1.165) is 11.0 Å². The molecule has 0 atom stereocenters. The van der Waals surface area contributed by atoms with E-state index in [-0.39, 0.29) is 0 Å². The maximum absolute atomic E-state index is 4.46. The standard InChI is InChI=1S/C8H12N2S/c1-9-8-10-7(5-11-8)6-3-2-4-6/h5-6H,2-4H2,1H3,(H,9,10). The molecule has 11 heavy (non-hydrogen) atoms. The smallest absolute Gasteiger partial charge is 0.182 e. The summed E-state index contributed by atoms with van der Waals surface area (Å²) in [6.45, 7) is 0. The van der Waals surface area contributed by atoms with E-state index in [1.54, 1.807) is 11.3 Å². The van der Waals surface area contributed by atoms with Crippen LogP contribution in [0.3, 0.4) is 0 Å². The highest BCUT2D eigenvalue weighted by Crippen LogP contribution is 2.37. The van der Waals surface area contributed by atoms with Crippen molar-refractivity contribution in [2.45, 2.75) is 25.2 Å². The molecule has 0 aromatic carbocycles. The predicted molar refractivity (Wildman–Crippen MR) is 48.3 cm³/mol. The first-order chi connectivity index (χ1) is 5.40. The highest BCUT2D eigenvalue weighted by Gasteiger charge is 2.21. The van der Waals surface area contributed by atoms with Crippen molar-refractivity contribution in [1.29, 1.82) is 0 Å². The van der Waals surface area contributed by atoms with E-state index < -0.39 is 0 Å². The molecular weight excluding hydrogens is 156 g/mol. The van der Waals surface area contributed by atoms with E-state index in [1.165, 1.54) is 25.0 Å². The lowest BCUT2D eigenvalue weighted by Gasteiger charge is -2.22. The summed E-state index contributed by atoms with van der Waals surface area (Å²) < 4.78 is 0. The van der Waals surface area contributed by atoms with Crippen molar-refractivity contribution in [3.8, 4) is 0 Å². The Morgan fingerprint density at radius 1 is 1.64 bits per heavy atom. The fourth-order valence-corrected chi connectivity index (χ4v) is 2.05. The zero-order valence-corrected chi connectivity index (χ0v) is 7.45. The summed E-state index contributed by atoms with van der Waals surface area (Å²) in [5.74, 6) is 0.772. The van der Waals surface area contributed by atoms with Crippen molar-refractivity contribution < 1.29 is 0 Å². The van der Waals surface area contributed by atoms with Gasteiger partial charge in [0.2, 0.25) is 0 Å². The third-order valence-electron chi connectivity index (χ3n) is 2.26. The van der Waals surface area contributed by atoms with Crippen LogP contribution in [0.2, 0.25) is 0 Å². The summed E-state index contributed by atoms with van der Waals surface area (Å²) in [7, 11) is 1.92. The molecule has 0 amide bonds. The van der Waals surface area contributed by atoms with Gasteiger partial charge in [-0.2, -0.15) is 0 Å². The van der Waals surface area contributed by atoms with Gasteiger partial charge in [0.05, 0.1) is 5.69 Å². The quantitative estimate of drug-likeness (QED) is 0.733. The monoisotopic (exact) mass is 168 g/mol. The summed E-state index contributed by atoms with van der Waals surface area (Å²) in [6, 6.07) is 0. The molecule has 0 saturated heterocycles. The van der Waals surface area contributed by atoms with Crippen molar-refractivity contribution in [1.82, 2.24) is 4.98 Å². The van der Waals surface area contributed by atoms with Gasteiger partial charge in [0.25, 0.3) is 0 Å². The predicted octanol–water partition coefficient (Wildman–Crippen LogP) is 2.45. The summed E-state index contributed by atoms with van der Waals surface area (Å²) in [6.07, 6.45) is 4.07. The van der Waals surface area contributed by atoms with Crippen LogP contribution >= 0.6 is 11.3 Å². The van der Waals surface area contributed by atoms with Crippen LogP contribution in [0, 0.1) is 0 Å². The minimum Gasteiger partial charge on any atom is -0.365 e. The van der Waals surface area contributed by atoms with E-state index in [4.69, 9.17) is 0 Å². The van der Waals surface area contributed by atoms with E-state index in [1.807, 2.05) is 7.05 Å². The molecule has 1 aliphatic rings. The number of nitrogens with one attached hydrogen (secondary N) is 1. The number of hydrogen-bond donors (Lipinski definition) is 1. The highest BCUT2D eigenvalue weighted by atomic mass is 32.1. The molecule has 0 aliphatic heterocycles. The lowest BCUT2D eigenvalue weighted by molar-refractivity contribution is 0.413. The molecule has 1 aromatic rings. The molecule has 3 heteroatoms. The van der Waals surface area contributed by atoms with Gasteiger partial charge in [-0.25, -0.2) is 4.98 Å². The number of hydrogen-bond acceptors (Lipinski definition) is 3. The van der Waals surface area contributed by atoms with Gasteiger partial charge in [-0.15, -0.1) is 11.3 Å². The first kappa shape index (κ1) is 7.10. The van der Waals surface area contributed by atoms with Crippen molar-refractivity contribution in [3.63, 3.8) is 0 Å². The molecule has 1 saturated carbocycles. The minimum absolute atomic E-state index is 0.772. The van der Waals surface area contributed by atoms with Gasteiger partial charge in [-0.05, 0) is 12.8 Å². The summed E-state index contributed by atoms with van der Waals surface area (Å²) in [5.41, 5.74) is 1.30. The Hall–Kier alpha value is -0.570. The number of thiazole rings is 1. The van der Waals surface area contributed by atoms with Crippen LogP contribution in [0.15, 0.2) is 5.38 Å². The maximum Gasteiger partial charge on any atom is 0.182 e. The number of rotatable bonds is 2. The second-order valence-electron chi connectivity index (χ2n) is 2.96. The van der Waals surface area contributed by atoms with Crippen LogP contribution in [0.4, 0.5) is 5.13 Å². The maximum atomic E-state index is 4.46. The van der Waals surface area contributed by atoms with Crippen molar-refractivity contribution in [2.75, 3.05) is 12.4 Å². The van der Waals surface area contributed by atoms with Gasteiger partial charge in [0.15, 0.2) is 5.13 Å². The van der Waals surface area contributed by atoms with Crippen molar-refractivity contribution >= 4 is 16.5 Å². The van der Waals surface area contributed by atoms with Gasteiger partial charge in [-0.3, -0.25) is 0 Å². The molecule has 0 radical (unpaired) electrons. The van der Waals surface area contributed by atoms with Crippen LogP contribution in [0.5, 0.6) is 0 Å². The zero-order chi connectivity index (χ0) is 7.68. The normalized spacial score (nSPS) is 17.9. The molecule has 1 N–H and O–H groups in total. The number of nitrogens with zero attached hydrogens (tertiary/aromatic N) is 1. The highest BCUT2D eigenvalue weighted by molar-refractivity contribution is 7.13. The molecule has 1 fully saturated rings. The average Bonchev–Trinajstić information content (AvgIpc) is 2.32. The minimum atomic E-state index is 0.772. The van der Waals surface area contributed by atoms with Gasteiger partial charge < -0.3 is 5.32 Å². The molecular formula is C8H12N2S. The summed E-state index contributed by atoms with van der Waals surface area (Å²) in [4.78, 5) is 4.46. The van der Waals surface area contributed by atoms with Crippen LogP contribution < -0.4 is 5.32 Å². The van der Waals surface area contributed by atoms with E-state index >= 15 is 0 Å². The second kappa shape index (κ2) is 2.81. The summed E-state index contributed by atoms with van der Waals surface area (Å²) >= 11 is 1.70. The fraction of sp³-hybridized carbons (Fsp3) is 0.625. The van der Waals surface area contributed by atoms with Gasteiger partial charge in [0, 0.05) is 18.3 Å². The van der Waals surface area contributed by atoms with Crippen LogP contribution in [0.1, 0.15) is 30.9 Å². The molecule has 1 aliphatic carbocycles. The number of aromatic nitrogens is 1. The summed E-state index contributed by atoms with van der Waals surface area (Å²) in [5, 5.41) is 6.28. The molecule has 1 aromatic heterocycles. The zero-order valence-electron chi connectivity index (χ0n) is 6.63. The fourth-order valence-electron chi connectivity index (χ4n) is 1.29. The van der Waals surface area contributed by atoms with Gasteiger partial charge in [-0.1, -0.05) is 6.42 Å². The molecule has 0 spiro atoms. The molecule has 60 valence electrons. The van der Waals surface area contributed by atoms with Gasteiger partial charge >= 0.3 is 0 Å². The Kier molecular flexibility index (Phi) is 1.82. The van der Waals surface area contributed by atoms with Crippen molar-refractivity contribution in [3.05, 3.63) is 11.1 Å². The SMILES string of the molecule is CNc1nc(C2CCC2)cs1. The Bertz CT molecular complexity index is 240. The molecule has 2 rings (SSSR count). The molecule has 0 bridgehead atoms. The largest absolute Gasteiger partial charge is 0.365 e. The third-order valence-corrected chi connectivity index (χ3v) is 3.14. The van der Waals surface area contributed by atoms with E-state index in [0.29, 0.717) is 0 Å². The van der Waals surface area contributed by atoms with E-state index in [9.17, 15) is 0 Å². The first-order valence-electron chi connectivity index (χ1n) is 4.03. The molecule has 0 unspecified atom stereocenters. The van der Waals surface area contributed by atoms with Gasteiger partial charge in [0.1, 0.15) is 0 Å². The van der Waals surface area contributed by atoms with E-state index in [2.05, 4.69) is 15.7 Å². The Labute approximate surface area is 70.7 Å². The average molecular weight is 168 g/mol. The lowest BCUT2D eigenvalue weighted by Crippen LogP contribution is -2.08.